The standard InChI is InChI=1S/C19H23N5O2/c1-14(18(26)22-17-6-4-16(5-7-17)15(2)25)23-10-12-24(13-11-23)19-20-8-3-9-21-19/h3-9,14H,10-13H2,1-2H3,(H,22,26). The van der Waals surface area contributed by atoms with Crippen LogP contribution in [0.15, 0.2) is 42.7 Å². The normalized spacial score (nSPS) is 16.2. The molecule has 0 saturated carbocycles. The molecule has 1 fully saturated rings. The summed E-state index contributed by atoms with van der Waals surface area (Å²) in [5.74, 6) is 0.691. The first-order valence-electron chi connectivity index (χ1n) is 8.72. The highest BCUT2D eigenvalue weighted by atomic mass is 16.2. The summed E-state index contributed by atoms with van der Waals surface area (Å²) >= 11 is 0. The maximum Gasteiger partial charge on any atom is 0.241 e. The topological polar surface area (TPSA) is 78.4 Å². The van der Waals surface area contributed by atoms with Crippen LogP contribution in [0.1, 0.15) is 24.2 Å². The van der Waals surface area contributed by atoms with Gasteiger partial charge in [-0.3, -0.25) is 14.5 Å². The van der Waals surface area contributed by atoms with E-state index in [1.165, 1.54) is 6.92 Å². The summed E-state index contributed by atoms with van der Waals surface area (Å²) < 4.78 is 0. The molecule has 0 aliphatic carbocycles. The molecule has 2 aromatic rings. The third-order valence-electron chi connectivity index (χ3n) is 4.64. The van der Waals surface area contributed by atoms with Crippen molar-refractivity contribution < 1.29 is 9.59 Å². The summed E-state index contributed by atoms with van der Waals surface area (Å²) in [7, 11) is 0. The Hall–Kier alpha value is -2.80. The summed E-state index contributed by atoms with van der Waals surface area (Å²) in [6, 6.07) is 8.52. The van der Waals surface area contributed by atoms with E-state index in [2.05, 4.69) is 25.1 Å². The monoisotopic (exact) mass is 353 g/mol. The Morgan fingerprint density at radius 1 is 1.04 bits per heavy atom. The second-order valence-corrected chi connectivity index (χ2v) is 6.37. The first kappa shape index (κ1) is 18.0. The second kappa shape index (κ2) is 8.05. The van der Waals surface area contributed by atoms with E-state index in [1.807, 2.05) is 6.92 Å². The van der Waals surface area contributed by atoms with Crippen LogP contribution in [0.2, 0.25) is 0 Å². The van der Waals surface area contributed by atoms with Crippen LogP contribution >= 0.6 is 0 Å². The predicted octanol–water partition coefficient (Wildman–Crippen LogP) is 1.83. The number of aromatic nitrogens is 2. The number of hydrogen-bond donors (Lipinski definition) is 1. The van der Waals surface area contributed by atoms with Crippen LogP contribution in [0.3, 0.4) is 0 Å². The van der Waals surface area contributed by atoms with Crippen LogP contribution in [0.25, 0.3) is 0 Å². The number of nitrogens with zero attached hydrogens (tertiary/aromatic N) is 4. The van der Waals surface area contributed by atoms with Crippen molar-refractivity contribution >= 4 is 23.3 Å². The van der Waals surface area contributed by atoms with Crippen LogP contribution in [0.5, 0.6) is 0 Å². The van der Waals surface area contributed by atoms with Gasteiger partial charge in [0.2, 0.25) is 11.9 Å². The van der Waals surface area contributed by atoms with Crippen LogP contribution in [0, 0.1) is 0 Å². The number of rotatable bonds is 5. The van der Waals surface area contributed by atoms with Crippen molar-refractivity contribution in [2.45, 2.75) is 19.9 Å². The van der Waals surface area contributed by atoms with E-state index >= 15 is 0 Å². The molecule has 1 aliphatic rings. The highest BCUT2D eigenvalue weighted by Gasteiger charge is 2.26. The number of carbonyl (C=O) groups is 2. The van der Waals surface area contributed by atoms with Crippen molar-refractivity contribution in [3.05, 3.63) is 48.3 Å². The maximum absolute atomic E-state index is 12.5. The lowest BCUT2D eigenvalue weighted by Crippen LogP contribution is -2.53. The average Bonchev–Trinajstić information content (AvgIpc) is 2.68. The summed E-state index contributed by atoms with van der Waals surface area (Å²) in [5, 5.41) is 2.92. The molecule has 1 aromatic heterocycles. The number of amides is 1. The quantitative estimate of drug-likeness (QED) is 0.826. The zero-order valence-corrected chi connectivity index (χ0v) is 15.1. The highest BCUT2D eigenvalue weighted by molar-refractivity contribution is 5.97. The number of benzene rings is 1. The van der Waals surface area contributed by atoms with Gasteiger partial charge in [0.15, 0.2) is 5.78 Å². The first-order chi connectivity index (χ1) is 12.5. The zero-order valence-electron chi connectivity index (χ0n) is 15.1. The van der Waals surface area contributed by atoms with E-state index in [0.29, 0.717) is 11.3 Å². The fraction of sp³-hybridized carbons (Fsp3) is 0.368. The average molecular weight is 353 g/mol. The molecule has 3 rings (SSSR count). The molecule has 2 heterocycles. The third kappa shape index (κ3) is 4.23. The van der Waals surface area contributed by atoms with Gasteiger partial charge in [0.25, 0.3) is 0 Å². The van der Waals surface area contributed by atoms with E-state index in [4.69, 9.17) is 0 Å². The molecule has 1 aromatic carbocycles. The van der Waals surface area contributed by atoms with Gasteiger partial charge in [-0.05, 0) is 44.2 Å². The summed E-state index contributed by atoms with van der Waals surface area (Å²) in [5.41, 5.74) is 1.33. The minimum absolute atomic E-state index is 0.0107. The van der Waals surface area contributed by atoms with Crippen molar-refractivity contribution in [2.24, 2.45) is 0 Å². The largest absolute Gasteiger partial charge is 0.338 e. The molecule has 1 saturated heterocycles. The zero-order chi connectivity index (χ0) is 18.5. The Morgan fingerprint density at radius 2 is 1.65 bits per heavy atom. The molecule has 0 bridgehead atoms. The van der Waals surface area contributed by atoms with Gasteiger partial charge in [-0.1, -0.05) is 0 Å². The fourth-order valence-corrected chi connectivity index (χ4v) is 2.96. The molecule has 0 radical (unpaired) electrons. The number of piperazine rings is 1. The van der Waals surface area contributed by atoms with Gasteiger partial charge in [-0.15, -0.1) is 0 Å². The molecule has 136 valence electrons. The SMILES string of the molecule is CC(=O)c1ccc(NC(=O)C(C)N2CCN(c3ncccn3)CC2)cc1. The van der Waals surface area contributed by atoms with E-state index in [1.54, 1.807) is 42.7 Å². The fourth-order valence-electron chi connectivity index (χ4n) is 2.96. The number of ketones is 1. The number of hydrogen-bond acceptors (Lipinski definition) is 6. The van der Waals surface area contributed by atoms with Gasteiger partial charge in [0.05, 0.1) is 6.04 Å². The number of nitrogens with one attached hydrogen (secondary N) is 1. The number of Topliss-reactive ketones (excluding diaryl/α,β-unsaturated/α-hetero) is 1. The molecule has 26 heavy (non-hydrogen) atoms. The van der Waals surface area contributed by atoms with Crippen molar-refractivity contribution in [2.75, 3.05) is 36.4 Å². The minimum Gasteiger partial charge on any atom is -0.338 e. The highest BCUT2D eigenvalue weighted by Crippen LogP contribution is 2.14. The van der Waals surface area contributed by atoms with E-state index < -0.39 is 0 Å². The van der Waals surface area contributed by atoms with Gasteiger partial charge in [0, 0.05) is 49.8 Å². The Labute approximate surface area is 153 Å². The van der Waals surface area contributed by atoms with Crippen molar-refractivity contribution in [3.63, 3.8) is 0 Å². The van der Waals surface area contributed by atoms with Gasteiger partial charge in [-0.25, -0.2) is 9.97 Å². The van der Waals surface area contributed by atoms with E-state index in [9.17, 15) is 9.59 Å². The molecule has 1 unspecified atom stereocenters. The molecule has 7 nitrogen and oxygen atoms in total. The maximum atomic E-state index is 12.5. The van der Waals surface area contributed by atoms with Crippen LogP contribution in [-0.4, -0.2) is 58.8 Å². The third-order valence-corrected chi connectivity index (χ3v) is 4.64. The van der Waals surface area contributed by atoms with Crippen molar-refractivity contribution in [1.82, 2.24) is 14.9 Å². The molecule has 1 N–H and O–H groups in total. The number of carbonyl (C=O) groups excluding carboxylic acids is 2. The van der Waals surface area contributed by atoms with Crippen molar-refractivity contribution in [1.29, 1.82) is 0 Å². The second-order valence-electron chi connectivity index (χ2n) is 6.37. The molecule has 1 amide bonds. The van der Waals surface area contributed by atoms with Gasteiger partial charge in [-0.2, -0.15) is 0 Å². The van der Waals surface area contributed by atoms with E-state index in [0.717, 1.165) is 32.1 Å². The van der Waals surface area contributed by atoms with Crippen LogP contribution < -0.4 is 10.2 Å². The molecular weight excluding hydrogens is 330 g/mol. The van der Waals surface area contributed by atoms with Gasteiger partial charge < -0.3 is 10.2 Å². The predicted molar refractivity (Wildman–Crippen MR) is 100 cm³/mol. The van der Waals surface area contributed by atoms with Gasteiger partial charge >= 0.3 is 0 Å². The Kier molecular flexibility index (Phi) is 5.58. The Bertz CT molecular complexity index is 755. The summed E-state index contributed by atoms with van der Waals surface area (Å²) in [4.78, 5) is 36.7. The molecular formula is C19H23N5O2. The Morgan fingerprint density at radius 3 is 2.23 bits per heavy atom. The van der Waals surface area contributed by atoms with Gasteiger partial charge in [0.1, 0.15) is 0 Å². The molecule has 1 aliphatic heterocycles. The summed E-state index contributed by atoms with van der Waals surface area (Å²) in [6.07, 6.45) is 3.48. The first-order valence-corrected chi connectivity index (χ1v) is 8.72. The lowest BCUT2D eigenvalue weighted by atomic mass is 10.1. The Balaban J connectivity index is 1.53. The van der Waals surface area contributed by atoms with Crippen LogP contribution in [-0.2, 0) is 4.79 Å². The van der Waals surface area contributed by atoms with Crippen LogP contribution in [0.4, 0.5) is 11.6 Å². The minimum atomic E-state index is -0.235. The lowest BCUT2D eigenvalue weighted by Gasteiger charge is -2.37. The lowest BCUT2D eigenvalue weighted by molar-refractivity contribution is -0.120. The summed E-state index contributed by atoms with van der Waals surface area (Å²) in [6.45, 7) is 6.56. The molecule has 7 heteroatoms. The van der Waals surface area contributed by atoms with Crippen molar-refractivity contribution in [3.8, 4) is 0 Å². The number of anilines is 2. The smallest absolute Gasteiger partial charge is 0.241 e. The molecule has 0 spiro atoms. The molecule has 1 atom stereocenters. The van der Waals surface area contributed by atoms with E-state index in [-0.39, 0.29) is 17.7 Å².